The van der Waals surface area contributed by atoms with E-state index in [1.54, 1.807) is 31.3 Å². The van der Waals surface area contributed by atoms with E-state index >= 15 is 0 Å². The average Bonchev–Trinajstić information content (AvgIpc) is 2.53. The third kappa shape index (κ3) is 5.16. The molecular formula is C16H23F2N3O. The Balaban J connectivity index is 1.90. The number of para-hydroxylation sites is 1. The van der Waals surface area contributed by atoms with Crippen LogP contribution in [0.3, 0.4) is 0 Å². The maximum Gasteiger partial charge on any atom is 0.387 e. The zero-order valence-corrected chi connectivity index (χ0v) is 12.8. The van der Waals surface area contributed by atoms with E-state index in [-0.39, 0.29) is 5.75 Å². The first kappa shape index (κ1) is 16.5. The second-order valence-corrected chi connectivity index (χ2v) is 5.39. The predicted octanol–water partition coefficient (Wildman–Crippen LogP) is 3.29. The van der Waals surface area contributed by atoms with Gasteiger partial charge in [0.2, 0.25) is 0 Å². The smallest absolute Gasteiger partial charge is 0.387 e. The third-order valence-electron chi connectivity index (χ3n) is 3.80. The van der Waals surface area contributed by atoms with E-state index < -0.39 is 6.61 Å². The Morgan fingerprint density at radius 2 is 2.00 bits per heavy atom. The van der Waals surface area contributed by atoms with Crippen LogP contribution in [-0.4, -0.2) is 25.7 Å². The average molecular weight is 311 g/mol. The van der Waals surface area contributed by atoms with Crippen molar-refractivity contribution in [3.05, 3.63) is 29.8 Å². The number of hydrogen-bond acceptors (Lipinski definition) is 2. The summed E-state index contributed by atoms with van der Waals surface area (Å²) < 4.78 is 29.3. The number of guanidine groups is 1. The molecular weight excluding hydrogens is 288 g/mol. The Morgan fingerprint density at radius 1 is 1.27 bits per heavy atom. The molecule has 0 unspecified atom stereocenters. The maximum atomic E-state index is 12.4. The fourth-order valence-corrected chi connectivity index (χ4v) is 2.67. The summed E-state index contributed by atoms with van der Waals surface area (Å²) in [6.45, 7) is -2.43. The third-order valence-corrected chi connectivity index (χ3v) is 3.80. The van der Waals surface area contributed by atoms with Crippen molar-refractivity contribution in [3.63, 3.8) is 0 Å². The van der Waals surface area contributed by atoms with Gasteiger partial charge < -0.3 is 15.4 Å². The van der Waals surface area contributed by atoms with Crippen molar-refractivity contribution in [2.75, 3.05) is 7.05 Å². The molecule has 0 spiro atoms. The highest BCUT2D eigenvalue weighted by molar-refractivity contribution is 5.80. The van der Waals surface area contributed by atoms with Gasteiger partial charge in [0.15, 0.2) is 5.96 Å². The summed E-state index contributed by atoms with van der Waals surface area (Å²) in [6, 6.07) is 7.22. The lowest BCUT2D eigenvalue weighted by Crippen LogP contribution is -2.43. The molecule has 6 heteroatoms. The number of alkyl halides is 2. The molecule has 2 rings (SSSR count). The predicted molar refractivity (Wildman–Crippen MR) is 83.3 cm³/mol. The molecule has 0 aliphatic heterocycles. The van der Waals surface area contributed by atoms with Gasteiger partial charge in [0.05, 0.1) is 0 Å². The number of ether oxygens (including phenoxy) is 1. The zero-order valence-electron chi connectivity index (χ0n) is 12.8. The van der Waals surface area contributed by atoms with Crippen molar-refractivity contribution in [1.29, 1.82) is 0 Å². The van der Waals surface area contributed by atoms with Gasteiger partial charge in [-0.25, -0.2) is 0 Å². The first-order valence-corrected chi connectivity index (χ1v) is 7.69. The Labute approximate surface area is 130 Å². The van der Waals surface area contributed by atoms with Crippen molar-refractivity contribution in [1.82, 2.24) is 10.6 Å². The van der Waals surface area contributed by atoms with E-state index in [1.165, 1.54) is 19.3 Å². The Hall–Kier alpha value is -1.85. The van der Waals surface area contributed by atoms with Crippen LogP contribution in [-0.2, 0) is 6.54 Å². The lowest BCUT2D eigenvalue weighted by molar-refractivity contribution is -0.0504. The number of aliphatic imine (C=N–C) groups is 1. The molecule has 0 bridgehead atoms. The van der Waals surface area contributed by atoms with Gasteiger partial charge in [-0.3, -0.25) is 4.99 Å². The standard InChI is InChI=1S/C16H23F2N3O/c1-19-16(21-13-8-3-2-4-9-13)20-11-12-7-5-6-10-14(12)22-15(17)18/h5-7,10,13,15H,2-4,8-9,11H2,1H3,(H2,19,20,21). The molecule has 0 saturated heterocycles. The van der Waals surface area contributed by atoms with E-state index in [0.29, 0.717) is 24.1 Å². The molecule has 1 aromatic carbocycles. The van der Waals surface area contributed by atoms with E-state index in [2.05, 4.69) is 20.4 Å². The van der Waals surface area contributed by atoms with E-state index in [4.69, 9.17) is 0 Å². The minimum absolute atomic E-state index is 0.193. The second-order valence-electron chi connectivity index (χ2n) is 5.39. The van der Waals surface area contributed by atoms with Crippen LogP contribution in [0.25, 0.3) is 0 Å². The normalized spacial score (nSPS) is 16.6. The van der Waals surface area contributed by atoms with Gasteiger partial charge in [0.1, 0.15) is 5.75 Å². The quantitative estimate of drug-likeness (QED) is 0.648. The summed E-state index contributed by atoms with van der Waals surface area (Å²) in [7, 11) is 1.71. The first-order chi connectivity index (χ1) is 10.7. The number of hydrogen-bond donors (Lipinski definition) is 2. The van der Waals surface area contributed by atoms with E-state index in [0.717, 1.165) is 12.8 Å². The number of nitrogens with zero attached hydrogens (tertiary/aromatic N) is 1. The second kappa shape index (κ2) is 8.56. The summed E-state index contributed by atoms with van der Waals surface area (Å²) in [5.41, 5.74) is 0.675. The van der Waals surface area contributed by atoms with Crippen LogP contribution in [0, 0.1) is 0 Å². The summed E-state index contributed by atoms with van der Waals surface area (Å²) >= 11 is 0. The zero-order chi connectivity index (χ0) is 15.8. The Bertz CT molecular complexity index is 488. The molecule has 1 aliphatic carbocycles. The number of nitrogens with one attached hydrogen (secondary N) is 2. The largest absolute Gasteiger partial charge is 0.434 e. The van der Waals surface area contributed by atoms with Gasteiger partial charge in [-0.2, -0.15) is 8.78 Å². The SMILES string of the molecule is CN=C(NCc1ccccc1OC(F)F)NC1CCCCC1. The van der Waals surface area contributed by atoms with Gasteiger partial charge >= 0.3 is 6.61 Å². The number of rotatable bonds is 5. The molecule has 1 fully saturated rings. The lowest BCUT2D eigenvalue weighted by atomic mass is 9.96. The van der Waals surface area contributed by atoms with Crippen LogP contribution in [0.2, 0.25) is 0 Å². The fourth-order valence-electron chi connectivity index (χ4n) is 2.67. The summed E-state index contributed by atoms with van der Waals surface area (Å²) in [5, 5.41) is 6.55. The topological polar surface area (TPSA) is 45.7 Å². The van der Waals surface area contributed by atoms with E-state index in [1.807, 2.05) is 0 Å². The van der Waals surface area contributed by atoms with Gasteiger partial charge in [-0.1, -0.05) is 37.5 Å². The summed E-state index contributed by atoms with van der Waals surface area (Å²) in [6.07, 6.45) is 6.06. The van der Waals surface area contributed by atoms with Crippen molar-refractivity contribution in [2.45, 2.75) is 51.3 Å². The molecule has 2 N–H and O–H groups in total. The van der Waals surface area contributed by atoms with Crippen LogP contribution >= 0.6 is 0 Å². The maximum absolute atomic E-state index is 12.4. The highest BCUT2D eigenvalue weighted by atomic mass is 19.3. The molecule has 122 valence electrons. The molecule has 1 aromatic rings. The highest BCUT2D eigenvalue weighted by Gasteiger charge is 2.15. The van der Waals surface area contributed by atoms with Crippen LogP contribution in [0.5, 0.6) is 5.75 Å². The molecule has 1 saturated carbocycles. The molecule has 0 amide bonds. The van der Waals surface area contributed by atoms with Crippen molar-refractivity contribution >= 4 is 5.96 Å². The summed E-state index contributed by atoms with van der Waals surface area (Å²) in [5.74, 6) is 0.886. The molecule has 0 heterocycles. The van der Waals surface area contributed by atoms with Gasteiger partial charge in [-0.05, 0) is 18.9 Å². The van der Waals surface area contributed by atoms with Crippen LogP contribution in [0.15, 0.2) is 29.3 Å². The van der Waals surface area contributed by atoms with Crippen LogP contribution < -0.4 is 15.4 Å². The van der Waals surface area contributed by atoms with Gasteiger partial charge in [-0.15, -0.1) is 0 Å². The molecule has 22 heavy (non-hydrogen) atoms. The molecule has 0 atom stereocenters. The van der Waals surface area contributed by atoms with Gasteiger partial charge in [0.25, 0.3) is 0 Å². The monoisotopic (exact) mass is 311 g/mol. The molecule has 0 radical (unpaired) electrons. The lowest BCUT2D eigenvalue weighted by Gasteiger charge is -2.25. The Morgan fingerprint density at radius 3 is 2.68 bits per heavy atom. The highest BCUT2D eigenvalue weighted by Crippen LogP contribution is 2.20. The number of benzene rings is 1. The minimum Gasteiger partial charge on any atom is -0.434 e. The minimum atomic E-state index is -2.82. The van der Waals surface area contributed by atoms with Crippen LogP contribution in [0.1, 0.15) is 37.7 Å². The number of halogens is 2. The molecule has 0 aromatic heterocycles. The fraction of sp³-hybridized carbons (Fsp3) is 0.562. The van der Waals surface area contributed by atoms with Crippen LogP contribution in [0.4, 0.5) is 8.78 Å². The van der Waals surface area contributed by atoms with Gasteiger partial charge in [0, 0.05) is 25.2 Å². The molecule has 1 aliphatic rings. The molecule has 4 nitrogen and oxygen atoms in total. The van der Waals surface area contributed by atoms with E-state index in [9.17, 15) is 8.78 Å². The Kier molecular flexibility index (Phi) is 6.43. The van der Waals surface area contributed by atoms with Crippen molar-refractivity contribution in [2.24, 2.45) is 4.99 Å². The van der Waals surface area contributed by atoms with Crippen molar-refractivity contribution in [3.8, 4) is 5.75 Å². The summed E-state index contributed by atoms with van der Waals surface area (Å²) in [4.78, 5) is 4.19. The van der Waals surface area contributed by atoms with Crippen molar-refractivity contribution < 1.29 is 13.5 Å². The first-order valence-electron chi connectivity index (χ1n) is 7.69.